The van der Waals surface area contributed by atoms with Crippen LogP contribution in [0.4, 0.5) is 4.39 Å². The number of rotatable bonds is 5. The van der Waals surface area contributed by atoms with E-state index in [2.05, 4.69) is 6.92 Å². The molecule has 7 heteroatoms. The Morgan fingerprint density at radius 1 is 1.35 bits per heavy atom. The summed E-state index contributed by atoms with van der Waals surface area (Å²) in [4.78, 5) is 0. The molecule has 2 aliphatic rings. The Bertz CT molecular complexity index is 658. The second-order valence-corrected chi connectivity index (χ2v) is 8.88. The molecule has 2 fully saturated rings. The summed E-state index contributed by atoms with van der Waals surface area (Å²) >= 11 is 6.08. The van der Waals surface area contributed by atoms with Crippen molar-refractivity contribution in [1.29, 1.82) is 0 Å². The number of benzene rings is 1. The molecular weight excluding hydrogens is 339 g/mol. The minimum atomic E-state index is -3.58. The molecule has 1 atom stereocenters. The molecule has 1 saturated carbocycles. The average Bonchev–Trinajstić information content (AvgIpc) is 3.31. The van der Waals surface area contributed by atoms with Gasteiger partial charge in [0, 0.05) is 36.3 Å². The third-order valence-corrected chi connectivity index (χ3v) is 6.93. The molecule has 1 aliphatic carbocycles. The van der Waals surface area contributed by atoms with Crippen LogP contribution >= 0.6 is 11.6 Å². The lowest BCUT2D eigenvalue weighted by Crippen LogP contribution is -2.48. The first-order valence-electron chi connectivity index (χ1n) is 8.09. The first-order chi connectivity index (χ1) is 10.9. The minimum absolute atomic E-state index is 0.00336. The zero-order chi connectivity index (χ0) is 16.6. The van der Waals surface area contributed by atoms with Gasteiger partial charge in [-0.05, 0) is 43.7 Å². The maximum atomic E-state index is 14.1. The zero-order valence-corrected chi connectivity index (χ0v) is 14.8. The second kappa shape index (κ2) is 6.67. The lowest BCUT2D eigenvalue weighted by atomic mass is 10.0. The number of hydrogen-bond acceptors (Lipinski definition) is 2. The van der Waals surface area contributed by atoms with Gasteiger partial charge in [-0.3, -0.25) is 0 Å². The van der Waals surface area contributed by atoms with Crippen LogP contribution in [0.15, 0.2) is 18.2 Å². The van der Waals surface area contributed by atoms with Crippen molar-refractivity contribution in [3.8, 4) is 0 Å². The standard InChI is InChI=1S/C16H22ClFN2O2S/c1-12-4-3-9-19(10-12)23(21,22)20(13-7-8-13)11-14-15(17)5-2-6-16(14)18/h2,5-6,12-13H,3-4,7-11H2,1H3. The van der Waals surface area contributed by atoms with Crippen LogP contribution in [0.5, 0.6) is 0 Å². The molecule has 0 bridgehead atoms. The number of nitrogens with zero attached hydrogens (tertiary/aromatic N) is 2. The molecule has 0 aromatic heterocycles. The summed E-state index contributed by atoms with van der Waals surface area (Å²) in [6.07, 6.45) is 3.58. The third kappa shape index (κ3) is 3.71. The van der Waals surface area contributed by atoms with Crippen molar-refractivity contribution in [3.05, 3.63) is 34.6 Å². The van der Waals surface area contributed by atoms with Crippen molar-refractivity contribution in [2.45, 2.75) is 45.2 Å². The first-order valence-corrected chi connectivity index (χ1v) is 9.87. The summed E-state index contributed by atoms with van der Waals surface area (Å²) in [6, 6.07) is 4.42. The molecule has 0 N–H and O–H groups in total. The van der Waals surface area contributed by atoms with Gasteiger partial charge in [0.2, 0.25) is 0 Å². The van der Waals surface area contributed by atoms with Gasteiger partial charge >= 0.3 is 0 Å². The predicted octanol–water partition coefficient (Wildman–Crippen LogP) is 3.42. The van der Waals surface area contributed by atoms with E-state index in [-0.39, 0.29) is 23.2 Å². The van der Waals surface area contributed by atoms with Gasteiger partial charge in [-0.1, -0.05) is 24.6 Å². The van der Waals surface area contributed by atoms with Crippen LogP contribution in [0, 0.1) is 11.7 Å². The molecule has 0 radical (unpaired) electrons. The highest BCUT2D eigenvalue weighted by atomic mass is 35.5. The molecule has 128 valence electrons. The summed E-state index contributed by atoms with van der Waals surface area (Å²) in [5, 5.41) is 0.276. The van der Waals surface area contributed by atoms with Crippen LogP contribution in [0.2, 0.25) is 5.02 Å². The van der Waals surface area contributed by atoms with E-state index in [0.717, 1.165) is 25.7 Å². The Labute approximate surface area is 142 Å². The van der Waals surface area contributed by atoms with Crippen LogP contribution in [0.3, 0.4) is 0 Å². The quantitative estimate of drug-likeness (QED) is 0.807. The monoisotopic (exact) mass is 360 g/mol. The Kier molecular flexibility index (Phi) is 4.97. The molecule has 23 heavy (non-hydrogen) atoms. The number of hydrogen-bond donors (Lipinski definition) is 0. The van der Waals surface area contributed by atoms with Crippen molar-refractivity contribution in [3.63, 3.8) is 0 Å². The summed E-state index contributed by atoms with van der Waals surface area (Å²) in [7, 11) is -3.58. The van der Waals surface area contributed by atoms with Gasteiger partial charge in [0.1, 0.15) is 5.82 Å². The fourth-order valence-corrected chi connectivity index (χ4v) is 5.31. The smallest absolute Gasteiger partial charge is 0.207 e. The first kappa shape index (κ1) is 17.1. The van der Waals surface area contributed by atoms with E-state index in [1.54, 1.807) is 10.4 Å². The summed E-state index contributed by atoms with van der Waals surface area (Å²) in [5.41, 5.74) is 0.259. The van der Waals surface area contributed by atoms with Crippen LogP contribution in [0.1, 0.15) is 38.2 Å². The average molecular weight is 361 g/mol. The molecular formula is C16H22ClFN2O2S. The molecule has 1 heterocycles. The van der Waals surface area contributed by atoms with E-state index in [4.69, 9.17) is 11.6 Å². The minimum Gasteiger partial charge on any atom is -0.207 e. The molecule has 1 saturated heterocycles. The largest absolute Gasteiger partial charge is 0.282 e. The Morgan fingerprint density at radius 2 is 2.09 bits per heavy atom. The highest BCUT2D eigenvalue weighted by molar-refractivity contribution is 7.86. The van der Waals surface area contributed by atoms with E-state index in [1.807, 2.05) is 0 Å². The van der Waals surface area contributed by atoms with Gasteiger partial charge in [-0.25, -0.2) is 4.39 Å². The van der Waals surface area contributed by atoms with Crippen molar-refractivity contribution in [2.24, 2.45) is 5.92 Å². The topological polar surface area (TPSA) is 40.6 Å². The van der Waals surface area contributed by atoms with Crippen molar-refractivity contribution in [1.82, 2.24) is 8.61 Å². The van der Waals surface area contributed by atoms with E-state index >= 15 is 0 Å². The van der Waals surface area contributed by atoms with Crippen LogP contribution < -0.4 is 0 Å². The normalized spacial score (nSPS) is 23.4. The van der Waals surface area contributed by atoms with E-state index in [9.17, 15) is 12.8 Å². The highest BCUT2D eigenvalue weighted by Gasteiger charge is 2.41. The third-order valence-electron chi connectivity index (χ3n) is 4.57. The van der Waals surface area contributed by atoms with Crippen molar-refractivity contribution in [2.75, 3.05) is 13.1 Å². The molecule has 0 spiro atoms. The van der Waals surface area contributed by atoms with Crippen LogP contribution in [-0.4, -0.2) is 36.2 Å². The Balaban J connectivity index is 1.87. The summed E-state index contributed by atoms with van der Waals surface area (Å²) in [6.45, 7) is 3.15. The van der Waals surface area contributed by atoms with Crippen molar-refractivity contribution >= 4 is 21.8 Å². The van der Waals surface area contributed by atoms with Crippen molar-refractivity contribution < 1.29 is 12.8 Å². The predicted molar refractivity (Wildman–Crippen MR) is 88.9 cm³/mol. The van der Waals surface area contributed by atoms with Crippen LogP contribution in [-0.2, 0) is 16.8 Å². The molecule has 1 aromatic carbocycles. The molecule has 0 amide bonds. The zero-order valence-electron chi connectivity index (χ0n) is 13.2. The highest BCUT2D eigenvalue weighted by Crippen LogP contribution is 2.35. The van der Waals surface area contributed by atoms with Gasteiger partial charge in [0.25, 0.3) is 10.2 Å². The Morgan fingerprint density at radius 3 is 2.70 bits per heavy atom. The maximum Gasteiger partial charge on any atom is 0.282 e. The fraction of sp³-hybridized carbons (Fsp3) is 0.625. The van der Waals surface area contributed by atoms with Crippen LogP contribution in [0.25, 0.3) is 0 Å². The molecule has 4 nitrogen and oxygen atoms in total. The fourth-order valence-electron chi connectivity index (χ4n) is 3.10. The number of piperidine rings is 1. The van der Waals surface area contributed by atoms with Gasteiger partial charge in [0.15, 0.2) is 0 Å². The molecule has 1 aromatic rings. The van der Waals surface area contributed by atoms with Gasteiger partial charge < -0.3 is 0 Å². The van der Waals surface area contributed by atoms with Gasteiger partial charge in [0.05, 0.1) is 0 Å². The lowest BCUT2D eigenvalue weighted by molar-refractivity contribution is 0.253. The molecule has 1 unspecified atom stereocenters. The van der Waals surface area contributed by atoms with E-state index < -0.39 is 16.0 Å². The Hall–Kier alpha value is -0.690. The maximum absolute atomic E-state index is 14.1. The lowest BCUT2D eigenvalue weighted by Gasteiger charge is -2.34. The summed E-state index contributed by atoms with van der Waals surface area (Å²) < 4.78 is 43.1. The van der Waals surface area contributed by atoms with Gasteiger partial charge in [-0.15, -0.1) is 0 Å². The molecule has 1 aliphatic heterocycles. The SMILES string of the molecule is CC1CCCN(S(=O)(=O)N(Cc2c(F)cccc2Cl)C2CC2)C1. The van der Waals surface area contributed by atoms with Gasteiger partial charge in [-0.2, -0.15) is 17.0 Å². The summed E-state index contributed by atoms with van der Waals surface area (Å²) in [5.74, 6) is -0.0954. The molecule has 3 rings (SSSR count). The second-order valence-electron chi connectivity index (χ2n) is 6.59. The van der Waals surface area contributed by atoms with E-state index in [0.29, 0.717) is 19.0 Å². The number of halogens is 2. The van der Waals surface area contributed by atoms with E-state index in [1.165, 1.54) is 16.4 Å².